The van der Waals surface area contributed by atoms with Gasteiger partial charge in [-0.25, -0.2) is 0 Å². The SMILES string of the molecule is [CH2]CN(CCN(CC)CC)Cc1ccccc1. The van der Waals surface area contributed by atoms with Gasteiger partial charge in [-0.2, -0.15) is 0 Å². The second-order valence-electron chi connectivity index (χ2n) is 4.29. The predicted octanol–water partition coefficient (Wildman–Crippen LogP) is 2.66. The molecular formula is C15H25N2. The molecule has 1 radical (unpaired) electrons. The first-order chi connectivity index (χ1) is 8.30. The van der Waals surface area contributed by atoms with E-state index in [-0.39, 0.29) is 0 Å². The number of benzene rings is 1. The van der Waals surface area contributed by atoms with E-state index >= 15 is 0 Å². The van der Waals surface area contributed by atoms with Gasteiger partial charge in [-0.05, 0) is 32.1 Å². The molecule has 0 fully saturated rings. The lowest BCUT2D eigenvalue weighted by molar-refractivity contribution is 0.221. The molecule has 0 aromatic heterocycles. The molecule has 0 aliphatic carbocycles. The molecule has 0 saturated heterocycles. The third kappa shape index (κ3) is 5.33. The van der Waals surface area contributed by atoms with Crippen molar-refractivity contribution in [2.24, 2.45) is 0 Å². The van der Waals surface area contributed by atoms with Gasteiger partial charge in [0.1, 0.15) is 0 Å². The molecule has 0 bridgehead atoms. The minimum Gasteiger partial charge on any atom is -0.303 e. The van der Waals surface area contributed by atoms with Crippen LogP contribution < -0.4 is 0 Å². The fourth-order valence-corrected chi connectivity index (χ4v) is 1.93. The summed E-state index contributed by atoms with van der Waals surface area (Å²) in [5, 5.41) is 0. The number of hydrogen-bond donors (Lipinski definition) is 0. The van der Waals surface area contributed by atoms with Gasteiger partial charge in [0.05, 0.1) is 0 Å². The Balaban J connectivity index is 2.38. The molecular weight excluding hydrogens is 208 g/mol. The van der Waals surface area contributed by atoms with Crippen LogP contribution in [0.15, 0.2) is 30.3 Å². The maximum atomic E-state index is 4.02. The zero-order valence-electron chi connectivity index (χ0n) is 11.2. The summed E-state index contributed by atoms with van der Waals surface area (Å²) in [7, 11) is 0. The molecule has 0 amide bonds. The first kappa shape index (κ1) is 14.2. The Morgan fingerprint density at radius 3 is 2.06 bits per heavy atom. The summed E-state index contributed by atoms with van der Waals surface area (Å²) in [4.78, 5) is 4.85. The van der Waals surface area contributed by atoms with Crippen LogP contribution in [-0.2, 0) is 6.54 Å². The molecule has 0 saturated carbocycles. The number of nitrogens with zero attached hydrogens (tertiary/aromatic N) is 2. The smallest absolute Gasteiger partial charge is 0.0234 e. The van der Waals surface area contributed by atoms with Crippen molar-refractivity contribution in [3.8, 4) is 0 Å². The molecule has 0 unspecified atom stereocenters. The highest BCUT2D eigenvalue weighted by Gasteiger charge is 2.05. The third-order valence-electron chi connectivity index (χ3n) is 3.19. The van der Waals surface area contributed by atoms with Crippen LogP contribution >= 0.6 is 0 Å². The van der Waals surface area contributed by atoms with Crippen LogP contribution in [-0.4, -0.2) is 42.5 Å². The topological polar surface area (TPSA) is 6.48 Å². The Kier molecular flexibility index (Phi) is 6.90. The van der Waals surface area contributed by atoms with Gasteiger partial charge < -0.3 is 4.90 Å². The number of rotatable bonds is 8. The third-order valence-corrected chi connectivity index (χ3v) is 3.19. The molecule has 0 heterocycles. The highest BCUT2D eigenvalue weighted by atomic mass is 15.2. The summed E-state index contributed by atoms with van der Waals surface area (Å²) < 4.78 is 0. The van der Waals surface area contributed by atoms with Gasteiger partial charge in [-0.1, -0.05) is 44.2 Å². The van der Waals surface area contributed by atoms with Crippen molar-refractivity contribution >= 4 is 0 Å². The number of hydrogen-bond acceptors (Lipinski definition) is 2. The van der Waals surface area contributed by atoms with Gasteiger partial charge >= 0.3 is 0 Å². The van der Waals surface area contributed by atoms with E-state index in [4.69, 9.17) is 0 Å². The lowest BCUT2D eigenvalue weighted by Crippen LogP contribution is -2.34. The van der Waals surface area contributed by atoms with Crippen molar-refractivity contribution in [1.29, 1.82) is 0 Å². The first-order valence-corrected chi connectivity index (χ1v) is 6.58. The monoisotopic (exact) mass is 233 g/mol. The molecule has 0 N–H and O–H groups in total. The standard InChI is InChI=1S/C15H25N2/c1-4-16(5-2)12-13-17(6-3)14-15-10-8-7-9-11-15/h7-11H,3-6,12-14H2,1-2H3. The Morgan fingerprint density at radius 2 is 1.53 bits per heavy atom. The summed E-state index contributed by atoms with van der Waals surface area (Å²) in [6.07, 6.45) is 0. The molecule has 1 rings (SSSR count). The van der Waals surface area contributed by atoms with Crippen molar-refractivity contribution in [2.45, 2.75) is 20.4 Å². The summed E-state index contributed by atoms with van der Waals surface area (Å²) in [6, 6.07) is 10.6. The molecule has 0 atom stereocenters. The van der Waals surface area contributed by atoms with Gasteiger partial charge in [-0.3, -0.25) is 4.90 Å². The normalized spacial score (nSPS) is 11.4. The number of likely N-dealkylation sites (N-methyl/N-ethyl adjacent to an activating group) is 1. The van der Waals surface area contributed by atoms with Gasteiger partial charge in [0, 0.05) is 19.6 Å². The van der Waals surface area contributed by atoms with Crippen molar-refractivity contribution in [3.05, 3.63) is 42.8 Å². The summed E-state index contributed by atoms with van der Waals surface area (Å²) >= 11 is 0. The maximum absolute atomic E-state index is 4.02. The minimum atomic E-state index is 0.871. The Bertz CT molecular complexity index is 280. The van der Waals surface area contributed by atoms with Crippen molar-refractivity contribution in [3.63, 3.8) is 0 Å². The van der Waals surface area contributed by atoms with Gasteiger partial charge in [0.15, 0.2) is 0 Å². The lowest BCUT2D eigenvalue weighted by Gasteiger charge is -2.25. The summed E-state index contributed by atoms with van der Waals surface area (Å²) in [5.74, 6) is 0. The Hall–Kier alpha value is -0.860. The molecule has 0 aliphatic heterocycles. The van der Waals surface area contributed by atoms with E-state index in [1.807, 2.05) is 0 Å². The molecule has 1 aromatic carbocycles. The first-order valence-electron chi connectivity index (χ1n) is 6.58. The van der Waals surface area contributed by atoms with Crippen molar-refractivity contribution in [2.75, 3.05) is 32.7 Å². The van der Waals surface area contributed by atoms with E-state index in [9.17, 15) is 0 Å². The molecule has 1 aromatic rings. The fraction of sp³-hybridized carbons (Fsp3) is 0.533. The Labute approximate surface area is 106 Å². The molecule has 0 spiro atoms. The van der Waals surface area contributed by atoms with E-state index in [0.29, 0.717) is 0 Å². The van der Waals surface area contributed by atoms with E-state index < -0.39 is 0 Å². The zero-order chi connectivity index (χ0) is 12.5. The van der Waals surface area contributed by atoms with Gasteiger partial charge in [-0.15, -0.1) is 0 Å². The van der Waals surface area contributed by atoms with Gasteiger partial charge in [0.2, 0.25) is 0 Å². The van der Waals surface area contributed by atoms with Crippen molar-refractivity contribution < 1.29 is 0 Å². The van der Waals surface area contributed by atoms with Crippen molar-refractivity contribution in [1.82, 2.24) is 9.80 Å². The molecule has 95 valence electrons. The van der Waals surface area contributed by atoms with Crippen LogP contribution in [0.2, 0.25) is 0 Å². The second-order valence-corrected chi connectivity index (χ2v) is 4.29. The van der Waals surface area contributed by atoms with Gasteiger partial charge in [0.25, 0.3) is 0 Å². The van der Waals surface area contributed by atoms with Crippen LogP contribution in [0.1, 0.15) is 19.4 Å². The lowest BCUT2D eigenvalue weighted by atomic mass is 10.2. The van der Waals surface area contributed by atoms with Crippen LogP contribution in [0, 0.1) is 6.92 Å². The molecule has 17 heavy (non-hydrogen) atoms. The fourth-order valence-electron chi connectivity index (χ4n) is 1.93. The highest BCUT2D eigenvalue weighted by molar-refractivity contribution is 5.14. The zero-order valence-corrected chi connectivity index (χ0v) is 11.2. The molecule has 2 heteroatoms. The Morgan fingerprint density at radius 1 is 0.941 bits per heavy atom. The highest BCUT2D eigenvalue weighted by Crippen LogP contribution is 2.04. The average Bonchev–Trinajstić information content (AvgIpc) is 2.39. The minimum absolute atomic E-state index is 0.871. The van der Waals surface area contributed by atoms with Crippen LogP contribution in [0.5, 0.6) is 0 Å². The van der Waals surface area contributed by atoms with E-state index in [2.05, 4.69) is 60.9 Å². The van der Waals surface area contributed by atoms with E-state index in [1.165, 1.54) is 5.56 Å². The molecule has 0 aliphatic rings. The second kappa shape index (κ2) is 8.26. The van der Waals surface area contributed by atoms with E-state index in [0.717, 1.165) is 39.3 Å². The van der Waals surface area contributed by atoms with Crippen LogP contribution in [0.25, 0.3) is 0 Å². The van der Waals surface area contributed by atoms with Crippen LogP contribution in [0.4, 0.5) is 0 Å². The summed E-state index contributed by atoms with van der Waals surface area (Å²) in [6.45, 7) is 14.8. The quantitative estimate of drug-likeness (QED) is 0.681. The van der Waals surface area contributed by atoms with Crippen LogP contribution in [0.3, 0.4) is 0 Å². The largest absolute Gasteiger partial charge is 0.303 e. The maximum Gasteiger partial charge on any atom is 0.0234 e. The predicted molar refractivity (Wildman–Crippen MR) is 74.9 cm³/mol. The average molecular weight is 233 g/mol. The molecule has 2 nitrogen and oxygen atoms in total. The summed E-state index contributed by atoms with van der Waals surface area (Å²) in [5.41, 5.74) is 1.37. The van der Waals surface area contributed by atoms with E-state index in [1.54, 1.807) is 0 Å².